The summed E-state index contributed by atoms with van der Waals surface area (Å²) in [6.45, 7) is 2.93. The molecular weight excluding hydrogens is 356 g/mol. The number of nitrogens with one attached hydrogen (secondary N) is 2. The first kappa shape index (κ1) is 19.5. The Bertz CT molecular complexity index is 795. The number of carbonyl (C=O) groups is 3. The standard InChI is InChI=1S/C19H19ClN2O4/c1-12(21-18(24)15-10-6-7-11-16(15)20)19(25)26-13(2)17(23)22-14-8-4-3-5-9-14/h3-13H,1-2H3,(H,21,24)(H,22,23)/t12-,13+/m0/s1. The van der Waals surface area contributed by atoms with E-state index in [1.807, 2.05) is 6.07 Å². The molecule has 2 rings (SSSR count). The number of hydrogen-bond donors (Lipinski definition) is 2. The van der Waals surface area contributed by atoms with Gasteiger partial charge in [0.25, 0.3) is 11.8 Å². The van der Waals surface area contributed by atoms with Crippen LogP contribution in [0.3, 0.4) is 0 Å². The summed E-state index contributed by atoms with van der Waals surface area (Å²) in [5.41, 5.74) is 0.851. The maximum atomic E-state index is 12.2. The van der Waals surface area contributed by atoms with Gasteiger partial charge in [-0.15, -0.1) is 0 Å². The van der Waals surface area contributed by atoms with Crippen molar-refractivity contribution in [2.45, 2.75) is 26.0 Å². The second kappa shape index (κ2) is 9.01. The molecule has 2 N–H and O–H groups in total. The van der Waals surface area contributed by atoms with E-state index in [1.54, 1.807) is 48.5 Å². The number of halogens is 1. The SMILES string of the molecule is C[C@H](NC(=O)c1ccccc1Cl)C(=O)O[C@H](C)C(=O)Nc1ccccc1. The first-order chi connectivity index (χ1) is 12.4. The molecule has 0 saturated heterocycles. The minimum atomic E-state index is -1.01. The van der Waals surface area contributed by atoms with Crippen molar-refractivity contribution in [3.63, 3.8) is 0 Å². The van der Waals surface area contributed by atoms with Gasteiger partial charge >= 0.3 is 5.97 Å². The van der Waals surface area contributed by atoms with Crippen LogP contribution in [0, 0.1) is 0 Å². The third kappa shape index (κ3) is 5.32. The smallest absolute Gasteiger partial charge is 0.329 e. The lowest BCUT2D eigenvalue weighted by Gasteiger charge is -2.18. The Morgan fingerprint density at radius 3 is 2.23 bits per heavy atom. The molecule has 6 nitrogen and oxygen atoms in total. The van der Waals surface area contributed by atoms with E-state index in [4.69, 9.17) is 16.3 Å². The molecule has 7 heteroatoms. The van der Waals surface area contributed by atoms with E-state index in [-0.39, 0.29) is 10.6 Å². The first-order valence-electron chi connectivity index (χ1n) is 8.00. The molecule has 0 aromatic heterocycles. The second-order valence-electron chi connectivity index (χ2n) is 5.61. The maximum Gasteiger partial charge on any atom is 0.329 e. The number of rotatable bonds is 6. The van der Waals surface area contributed by atoms with E-state index in [0.717, 1.165) is 0 Å². The lowest BCUT2D eigenvalue weighted by molar-refractivity contribution is -0.154. The Labute approximate surface area is 156 Å². The normalized spacial score (nSPS) is 12.6. The third-order valence-electron chi connectivity index (χ3n) is 3.52. The lowest BCUT2D eigenvalue weighted by atomic mass is 10.2. The number of esters is 1. The molecule has 2 atom stereocenters. The van der Waals surface area contributed by atoms with Crippen molar-refractivity contribution in [2.75, 3.05) is 5.32 Å². The van der Waals surface area contributed by atoms with Gasteiger partial charge in [-0.2, -0.15) is 0 Å². The minimum Gasteiger partial charge on any atom is -0.451 e. The molecule has 0 unspecified atom stereocenters. The second-order valence-corrected chi connectivity index (χ2v) is 6.02. The zero-order valence-electron chi connectivity index (χ0n) is 14.4. The summed E-state index contributed by atoms with van der Waals surface area (Å²) in [7, 11) is 0. The average molecular weight is 375 g/mol. The summed E-state index contributed by atoms with van der Waals surface area (Å²) in [5, 5.41) is 5.42. The molecule has 0 radical (unpaired) electrons. The fraction of sp³-hybridized carbons (Fsp3) is 0.211. The largest absolute Gasteiger partial charge is 0.451 e. The number of ether oxygens (including phenoxy) is 1. The fourth-order valence-corrected chi connectivity index (χ4v) is 2.30. The monoisotopic (exact) mass is 374 g/mol. The van der Waals surface area contributed by atoms with E-state index in [2.05, 4.69) is 10.6 Å². The first-order valence-corrected chi connectivity index (χ1v) is 8.38. The van der Waals surface area contributed by atoms with E-state index >= 15 is 0 Å². The van der Waals surface area contributed by atoms with Crippen LogP contribution in [0.5, 0.6) is 0 Å². The highest BCUT2D eigenvalue weighted by molar-refractivity contribution is 6.33. The number of carbonyl (C=O) groups excluding carboxylic acids is 3. The predicted octanol–water partition coefficient (Wildman–Crippen LogP) is 3.03. The number of benzene rings is 2. The summed E-state index contributed by atoms with van der Waals surface area (Å²) in [6, 6.07) is 14.4. The van der Waals surface area contributed by atoms with Gasteiger partial charge in [-0.3, -0.25) is 9.59 Å². The summed E-state index contributed by atoms with van der Waals surface area (Å²) in [5.74, 6) is -1.68. The summed E-state index contributed by atoms with van der Waals surface area (Å²) >= 11 is 5.96. The predicted molar refractivity (Wildman–Crippen MR) is 99.0 cm³/mol. The van der Waals surface area contributed by atoms with Crippen molar-refractivity contribution in [1.29, 1.82) is 0 Å². The van der Waals surface area contributed by atoms with Gasteiger partial charge in [0.15, 0.2) is 6.10 Å². The highest BCUT2D eigenvalue weighted by atomic mass is 35.5. The van der Waals surface area contributed by atoms with Crippen LogP contribution in [0.2, 0.25) is 5.02 Å². The van der Waals surface area contributed by atoms with Crippen molar-refractivity contribution in [1.82, 2.24) is 5.32 Å². The van der Waals surface area contributed by atoms with Gasteiger partial charge in [-0.1, -0.05) is 41.9 Å². The molecule has 0 bridgehead atoms. The van der Waals surface area contributed by atoms with Crippen molar-refractivity contribution >= 4 is 35.1 Å². The summed E-state index contributed by atoms with van der Waals surface area (Å²) in [6.07, 6.45) is -1.01. The molecule has 0 fully saturated rings. The average Bonchev–Trinajstić information content (AvgIpc) is 2.62. The Morgan fingerprint density at radius 2 is 1.58 bits per heavy atom. The molecule has 0 aliphatic heterocycles. The van der Waals surface area contributed by atoms with Crippen LogP contribution < -0.4 is 10.6 Å². The van der Waals surface area contributed by atoms with E-state index in [0.29, 0.717) is 5.69 Å². The van der Waals surface area contributed by atoms with Gasteiger partial charge < -0.3 is 15.4 Å². The Kier molecular flexibility index (Phi) is 6.74. The summed E-state index contributed by atoms with van der Waals surface area (Å²) in [4.78, 5) is 36.3. The van der Waals surface area contributed by atoms with Crippen molar-refractivity contribution in [3.8, 4) is 0 Å². The zero-order chi connectivity index (χ0) is 19.1. The Balaban J connectivity index is 1.88. The maximum absolute atomic E-state index is 12.2. The molecule has 0 aliphatic rings. The fourth-order valence-electron chi connectivity index (χ4n) is 2.07. The molecule has 0 aliphatic carbocycles. The van der Waals surface area contributed by atoms with Gasteiger partial charge in [-0.25, -0.2) is 4.79 Å². The van der Waals surface area contributed by atoms with Crippen LogP contribution in [0.4, 0.5) is 5.69 Å². The third-order valence-corrected chi connectivity index (χ3v) is 3.85. The molecule has 2 aromatic carbocycles. The molecule has 0 spiro atoms. The number of amides is 2. The van der Waals surface area contributed by atoms with Crippen LogP contribution in [-0.2, 0) is 14.3 Å². The lowest BCUT2D eigenvalue weighted by Crippen LogP contribution is -2.42. The van der Waals surface area contributed by atoms with Crippen LogP contribution in [0.15, 0.2) is 54.6 Å². The molecule has 2 amide bonds. The van der Waals surface area contributed by atoms with Gasteiger partial charge in [0.05, 0.1) is 10.6 Å². The van der Waals surface area contributed by atoms with Crippen molar-refractivity contribution in [2.24, 2.45) is 0 Å². The molecular formula is C19H19ClN2O4. The molecule has 26 heavy (non-hydrogen) atoms. The topological polar surface area (TPSA) is 84.5 Å². The van der Waals surface area contributed by atoms with Crippen LogP contribution in [0.25, 0.3) is 0 Å². The van der Waals surface area contributed by atoms with Gasteiger partial charge in [0.2, 0.25) is 0 Å². The van der Waals surface area contributed by atoms with Crippen molar-refractivity contribution < 1.29 is 19.1 Å². The number of hydrogen-bond acceptors (Lipinski definition) is 4. The van der Waals surface area contributed by atoms with E-state index < -0.39 is 29.9 Å². The Hall–Kier alpha value is -2.86. The highest BCUT2D eigenvalue weighted by Crippen LogP contribution is 2.15. The molecule has 136 valence electrons. The Morgan fingerprint density at radius 1 is 0.962 bits per heavy atom. The molecule has 0 saturated carbocycles. The quantitative estimate of drug-likeness (QED) is 0.761. The minimum absolute atomic E-state index is 0.253. The van der Waals surface area contributed by atoms with Gasteiger partial charge in [0.1, 0.15) is 6.04 Å². The van der Waals surface area contributed by atoms with Crippen LogP contribution in [0.1, 0.15) is 24.2 Å². The van der Waals surface area contributed by atoms with E-state index in [1.165, 1.54) is 13.8 Å². The number of anilines is 1. The highest BCUT2D eigenvalue weighted by Gasteiger charge is 2.24. The zero-order valence-corrected chi connectivity index (χ0v) is 15.1. The van der Waals surface area contributed by atoms with Gasteiger partial charge in [0, 0.05) is 5.69 Å². The van der Waals surface area contributed by atoms with Crippen LogP contribution in [-0.4, -0.2) is 29.9 Å². The van der Waals surface area contributed by atoms with Crippen molar-refractivity contribution in [3.05, 3.63) is 65.2 Å². The van der Waals surface area contributed by atoms with E-state index in [9.17, 15) is 14.4 Å². The van der Waals surface area contributed by atoms with Gasteiger partial charge in [-0.05, 0) is 38.1 Å². The van der Waals surface area contributed by atoms with Crippen LogP contribution >= 0.6 is 11.6 Å². The molecule has 2 aromatic rings. The molecule has 0 heterocycles. The summed E-state index contributed by atoms with van der Waals surface area (Å²) < 4.78 is 5.11. The number of para-hydroxylation sites is 1.